The molecule has 3 heterocycles. The highest BCUT2D eigenvalue weighted by Crippen LogP contribution is 2.39. The molecule has 4 aromatic carbocycles. The van der Waals surface area contributed by atoms with Gasteiger partial charge in [0, 0.05) is 27.9 Å². The van der Waals surface area contributed by atoms with Gasteiger partial charge in [0.1, 0.15) is 11.4 Å². The molecule has 0 fully saturated rings. The van der Waals surface area contributed by atoms with Crippen molar-refractivity contribution in [3.63, 3.8) is 0 Å². The molecule has 4 nitrogen and oxygen atoms in total. The minimum Gasteiger partial charge on any atom is -0.506 e. The van der Waals surface area contributed by atoms with Gasteiger partial charge in [0.15, 0.2) is 0 Å². The third-order valence-corrected chi connectivity index (χ3v) is 8.97. The summed E-state index contributed by atoms with van der Waals surface area (Å²) in [7, 11) is 0. The minimum absolute atomic E-state index is 0.0744. The van der Waals surface area contributed by atoms with Gasteiger partial charge in [-0.05, 0) is 82.3 Å². The van der Waals surface area contributed by atoms with Gasteiger partial charge >= 0.3 is 0 Å². The zero-order valence-corrected chi connectivity index (χ0v) is 26.4. The quantitative estimate of drug-likeness (QED) is 0.218. The molecule has 4 heteroatoms. The molecule has 0 saturated carbocycles. The van der Waals surface area contributed by atoms with E-state index in [-0.39, 0.29) is 16.6 Å². The van der Waals surface area contributed by atoms with Gasteiger partial charge in [-0.1, -0.05) is 101 Å². The van der Waals surface area contributed by atoms with Crippen molar-refractivity contribution in [3.05, 3.63) is 144 Å². The molecule has 222 valence electrons. The van der Waals surface area contributed by atoms with E-state index in [1.165, 1.54) is 16.7 Å². The maximum atomic E-state index is 10.9. The molecule has 0 atom stereocenters. The van der Waals surface area contributed by atoms with Crippen molar-refractivity contribution < 1.29 is 5.11 Å². The van der Waals surface area contributed by atoms with Crippen molar-refractivity contribution in [2.75, 3.05) is 0 Å². The normalized spacial score (nSPS) is 12.2. The fraction of sp³-hybridized carbons (Fsp3) is 0.171. The van der Waals surface area contributed by atoms with Crippen molar-refractivity contribution in [2.45, 2.75) is 45.4 Å². The molecule has 0 aliphatic rings. The molecule has 7 rings (SSSR count). The average Bonchev–Trinajstić information content (AvgIpc) is 3.38. The van der Waals surface area contributed by atoms with Crippen LogP contribution in [0.3, 0.4) is 0 Å². The molecule has 45 heavy (non-hydrogen) atoms. The highest BCUT2D eigenvalue weighted by molar-refractivity contribution is 6.08. The second-order valence-corrected chi connectivity index (χ2v) is 13.4. The summed E-state index contributed by atoms with van der Waals surface area (Å²) in [5.41, 5.74) is 9.82. The summed E-state index contributed by atoms with van der Waals surface area (Å²) in [4.78, 5) is 10.2. The maximum Gasteiger partial charge on any atom is 0.146 e. The van der Waals surface area contributed by atoms with Crippen LogP contribution in [0.15, 0.2) is 128 Å². The van der Waals surface area contributed by atoms with Gasteiger partial charge in [0.2, 0.25) is 0 Å². The van der Waals surface area contributed by atoms with Gasteiger partial charge in [0.25, 0.3) is 0 Å². The number of hydrogen-bond acceptors (Lipinski definition) is 3. The largest absolute Gasteiger partial charge is 0.506 e. The molecule has 0 amide bonds. The third-order valence-electron chi connectivity index (χ3n) is 8.97. The molecule has 0 aliphatic heterocycles. The topological polar surface area (TPSA) is 50.9 Å². The summed E-state index contributed by atoms with van der Waals surface area (Å²) < 4.78 is 2.07. The Bertz CT molecular complexity index is 2190. The predicted molar refractivity (Wildman–Crippen MR) is 186 cm³/mol. The Morgan fingerprint density at radius 1 is 0.600 bits per heavy atom. The van der Waals surface area contributed by atoms with E-state index in [1.807, 2.05) is 42.6 Å². The Hall–Kier alpha value is -5.22. The van der Waals surface area contributed by atoms with Gasteiger partial charge in [-0.3, -0.25) is 9.55 Å². The van der Waals surface area contributed by atoms with Crippen molar-refractivity contribution in [2.24, 2.45) is 0 Å². The van der Waals surface area contributed by atoms with Crippen molar-refractivity contribution in [3.8, 4) is 33.8 Å². The Labute approximate surface area is 264 Å². The fourth-order valence-electron chi connectivity index (χ4n) is 6.20. The predicted octanol–water partition coefficient (Wildman–Crippen LogP) is 10.2. The van der Waals surface area contributed by atoms with Crippen LogP contribution in [0.4, 0.5) is 0 Å². The minimum atomic E-state index is -0.365. The van der Waals surface area contributed by atoms with Crippen molar-refractivity contribution in [1.29, 1.82) is 0 Å². The molecule has 3 aromatic heterocycles. The fourth-order valence-corrected chi connectivity index (χ4v) is 6.20. The Kier molecular flexibility index (Phi) is 6.81. The van der Waals surface area contributed by atoms with E-state index in [2.05, 4.69) is 118 Å². The number of phenolic OH excluding ortho intramolecular Hbond substituents is 1. The molecule has 1 N–H and O–H groups in total. The SMILES string of the molecule is CC(C)(C)c1cc(-c2ccc3c4ccccc4n(-c4ccccc4O)c3n2)cc(C(C)(C)c2cc(-c3ccccc3)ccn2)c1. The Morgan fingerprint density at radius 3 is 2.09 bits per heavy atom. The molecule has 0 saturated heterocycles. The van der Waals surface area contributed by atoms with Crippen LogP contribution in [-0.2, 0) is 10.8 Å². The molecular formula is C41H37N3O. The zero-order chi connectivity index (χ0) is 31.3. The molecule has 0 bridgehead atoms. The van der Waals surface area contributed by atoms with E-state index >= 15 is 0 Å². The summed E-state index contributed by atoms with van der Waals surface area (Å²) in [5.74, 6) is 0.219. The van der Waals surface area contributed by atoms with E-state index in [9.17, 15) is 5.11 Å². The number of pyridine rings is 2. The molecule has 0 aliphatic carbocycles. The van der Waals surface area contributed by atoms with Crippen LogP contribution in [0.2, 0.25) is 0 Å². The number of aromatic nitrogens is 3. The first-order chi connectivity index (χ1) is 21.6. The van der Waals surface area contributed by atoms with Gasteiger partial charge in [-0.25, -0.2) is 4.98 Å². The average molecular weight is 588 g/mol. The van der Waals surface area contributed by atoms with Crippen molar-refractivity contribution in [1.82, 2.24) is 14.5 Å². The van der Waals surface area contributed by atoms with E-state index in [0.717, 1.165) is 44.5 Å². The molecule has 0 unspecified atom stereocenters. The molecular weight excluding hydrogens is 550 g/mol. The van der Waals surface area contributed by atoms with Crippen LogP contribution >= 0.6 is 0 Å². The lowest BCUT2D eigenvalue weighted by molar-refractivity contribution is 0.473. The first-order valence-corrected chi connectivity index (χ1v) is 15.5. The lowest BCUT2D eigenvalue weighted by Gasteiger charge is -2.29. The second kappa shape index (κ2) is 10.7. The summed E-state index contributed by atoms with van der Waals surface area (Å²) in [6.07, 6.45) is 1.92. The van der Waals surface area contributed by atoms with E-state index in [0.29, 0.717) is 5.69 Å². The number of aromatic hydroxyl groups is 1. The van der Waals surface area contributed by atoms with E-state index < -0.39 is 0 Å². The van der Waals surface area contributed by atoms with Gasteiger partial charge in [-0.2, -0.15) is 0 Å². The monoisotopic (exact) mass is 587 g/mol. The van der Waals surface area contributed by atoms with Crippen molar-refractivity contribution >= 4 is 21.9 Å². The number of phenols is 1. The number of nitrogens with zero attached hydrogens (tertiary/aromatic N) is 3. The second-order valence-electron chi connectivity index (χ2n) is 13.4. The van der Waals surface area contributed by atoms with E-state index in [1.54, 1.807) is 6.07 Å². The molecule has 0 radical (unpaired) electrons. The summed E-state index contributed by atoms with van der Waals surface area (Å²) in [6, 6.07) is 41.7. The summed E-state index contributed by atoms with van der Waals surface area (Å²) >= 11 is 0. The lowest BCUT2D eigenvalue weighted by atomic mass is 9.76. The summed E-state index contributed by atoms with van der Waals surface area (Å²) in [6.45, 7) is 11.3. The number of hydrogen-bond donors (Lipinski definition) is 1. The van der Waals surface area contributed by atoms with Crippen LogP contribution in [0.5, 0.6) is 5.75 Å². The molecule has 7 aromatic rings. The number of benzene rings is 4. The number of fused-ring (bicyclic) bond motifs is 3. The molecule has 0 spiro atoms. The summed E-state index contributed by atoms with van der Waals surface area (Å²) in [5, 5.41) is 13.0. The number of para-hydroxylation sites is 3. The standard InChI is InChI=1S/C41H37N3O/c1-40(2,3)30-23-29(24-31(26-30)41(4,5)38-25-28(21-22-42-38)27-13-7-6-8-14-27)34-20-19-33-32-15-9-10-16-35(32)44(39(33)43-34)36-17-11-12-18-37(36)45/h6-26,45H,1-5H3. The highest BCUT2D eigenvalue weighted by Gasteiger charge is 2.28. The number of rotatable bonds is 5. The van der Waals surface area contributed by atoms with Gasteiger partial charge in [0.05, 0.1) is 22.6 Å². The first kappa shape index (κ1) is 28.5. The van der Waals surface area contributed by atoms with Gasteiger partial charge < -0.3 is 5.11 Å². The van der Waals surface area contributed by atoms with E-state index in [4.69, 9.17) is 9.97 Å². The highest BCUT2D eigenvalue weighted by atomic mass is 16.3. The lowest BCUT2D eigenvalue weighted by Crippen LogP contribution is -2.22. The van der Waals surface area contributed by atoms with Crippen LogP contribution in [0, 0.1) is 0 Å². The smallest absolute Gasteiger partial charge is 0.146 e. The van der Waals surface area contributed by atoms with Crippen LogP contribution < -0.4 is 0 Å². The maximum absolute atomic E-state index is 10.9. The van der Waals surface area contributed by atoms with Crippen LogP contribution in [0.25, 0.3) is 50.0 Å². The first-order valence-electron chi connectivity index (χ1n) is 15.5. The third kappa shape index (κ3) is 5.06. The Balaban J connectivity index is 1.42. The zero-order valence-electron chi connectivity index (χ0n) is 26.4. The van der Waals surface area contributed by atoms with Crippen LogP contribution in [0.1, 0.15) is 51.4 Å². The van der Waals surface area contributed by atoms with Gasteiger partial charge in [-0.15, -0.1) is 0 Å². The Morgan fingerprint density at radius 2 is 1.31 bits per heavy atom. The van der Waals surface area contributed by atoms with Crippen LogP contribution in [-0.4, -0.2) is 19.6 Å².